The fourth-order valence-electron chi connectivity index (χ4n) is 9.92. The standard InChI is InChI=1S/C58H37N3/c1-3-16-38(17-4-1)40-30-34-42(35-31-40)55-59-56(43-36-32-41(33-37-43)39-18-5-2-6-19-39)61-57(60-55)48-23-8-7-20-44(48)47-25-15-29-53-54(47)49-24-11-14-28-52(49)58(53)50-26-12-9-21-45(50)46-22-10-13-27-51(46)58/h1-37H. The maximum Gasteiger partial charge on any atom is 0.164 e. The quantitative estimate of drug-likeness (QED) is 0.169. The van der Waals surface area contributed by atoms with Crippen LogP contribution in [0.15, 0.2) is 224 Å². The van der Waals surface area contributed by atoms with Crippen LogP contribution in [0, 0.1) is 0 Å². The number of aromatic nitrogens is 3. The van der Waals surface area contributed by atoms with E-state index in [0.717, 1.165) is 38.9 Å². The molecule has 3 heteroatoms. The summed E-state index contributed by atoms with van der Waals surface area (Å²) in [4.78, 5) is 15.8. The van der Waals surface area contributed by atoms with Crippen molar-refractivity contribution in [2.45, 2.75) is 5.41 Å². The Hall–Kier alpha value is -8.01. The Balaban J connectivity index is 1.05. The van der Waals surface area contributed by atoms with Gasteiger partial charge in [0.25, 0.3) is 0 Å². The van der Waals surface area contributed by atoms with E-state index in [1.165, 1.54) is 55.6 Å². The Bertz CT molecular complexity index is 3130. The van der Waals surface area contributed by atoms with Gasteiger partial charge in [-0.05, 0) is 77.9 Å². The summed E-state index contributed by atoms with van der Waals surface area (Å²) in [6.07, 6.45) is 0. The predicted molar refractivity (Wildman–Crippen MR) is 249 cm³/mol. The molecule has 0 radical (unpaired) electrons. The molecule has 0 amide bonds. The van der Waals surface area contributed by atoms with Gasteiger partial charge in [-0.25, -0.2) is 15.0 Å². The van der Waals surface area contributed by atoms with Crippen LogP contribution >= 0.6 is 0 Å². The minimum Gasteiger partial charge on any atom is -0.208 e. The fourth-order valence-corrected chi connectivity index (χ4v) is 9.92. The number of fused-ring (bicyclic) bond motifs is 10. The van der Waals surface area contributed by atoms with Gasteiger partial charge in [-0.3, -0.25) is 0 Å². The van der Waals surface area contributed by atoms with Crippen LogP contribution in [0.5, 0.6) is 0 Å². The molecule has 12 rings (SSSR count). The molecule has 0 N–H and O–H groups in total. The molecule has 0 saturated carbocycles. The van der Waals surface area contributed by atoms with Gasteiger partial charge in [-0.2, -0.15) is 0 Å². The molecule has 1 aromatic heterocycles. The highest BCUT2D eigenvalue weighted by Gasteiger charge is 2.52. The van der Waals surface area contributed by atoms with Gasteiger partial charge < -0.3 is 0 Å². The molecule has 2 aliphatic rings. The Morgan fingerprint density at radius 3 is 1.08 bits per heavy atom. The van der Waals surface area contributed by atoms with Crippen molar-refractivity contribution in [1.29, 1.82) is 0 Å². The van der Waals surface area contributed by atoms with E-state index in [1.54, 1.807) is 0 Å². The summed E-state index contributed by atoms with van der Waals surface area (Å²) in [5.41, 5.74) is 19.6. The molecule has 1 heterocycles. The third-order valence-electron chi connectivity index (χ3n) is 12.6. The SMILES string of the molecule is c1ccc(-c2ccc(-c3nc(-c4ccc(-c5ccccc5)cc4)nc(-c4ccccc4-c4cccc5c4-c4ccccc4C54c5ccccc5-c5ccccc54)n3)cc2)cc1. The summed E-state index contributed by atoms with van der Waals surface area (Å²) in [6.45, 7) is 0. The van der Waals surface area contributed by atoms with Gasteiger partial charge in [0, 0.05) is 16.7 Å². The van der Waals surface area contributed by atoms with Gasteiger partial charge in [-0.1, -0.05) is 224 Å². The lowest BCUT2D eigenvalue weighted by atomic mass is 9.70. The third kappa shape index (κ3) is 5.48. The van der Waals surface area contributed by atoms with E-state index in [4.69, 9.17) is 15.0 Å². The van der Waals surface area contributed by atoms with Gasteiger partial charge in [0.2, 0.25) is 0 Å². The lowest BCUT2D eigenvalue weighted by molar-refractivity contribution is 0.794. The molecule has 0 fully saturated rings. The zero-order valence-corrected chi connectivity index (χ0v) is 33.2. The Kier molecular flexibility index (Phi) is 8.07. The molecule has 1 spiro atoms. The highest BCUT2D eigenvalue weighted by molar-refractivity contribution is 6.01. The van der Waals surface area contributed by atoms with Crippen LogP contribution in [0.1, 0.15) is 22.3 Å². The second-order valence-corrected chi connectivity index (χ2v) is 15.9. The van der Waals surface area contributed by atoms with Gasteiger partial charge in [0.05, 0.1) is 5.41 Å². The zero-order valence-electron chi connectivity index (χ0n) is 33.2. The minimum absolute atomic E-state index is 0.435. The van der Waals surface area contributed by atoms with Crippen LogP contribution in [0.3, 0.4) is 0 Å². The first-order valence-electron chi connectivity index (χ1n) is 20.9. The average molecular weight is 776 g/mol. The average Bonchev–Trinajstić information content (AvgIpc) is 3.82. The van der Waals surface area contributed by atoms with Crippen LogP contribution in [-0.2, 0) is 5.41 Å². The lowest BCUT2D eigenvalue weighted by Gasteiger charge is -2.30. The molecule has 3 nitrogen and oxygen atoms in total. The molecule has 0 atom stereocenters. The van der Waals surface area contributed by atoms with E-state index in [-0.39, 0.29) is 0 Å². The molecule has 2 aliphatic carbocycles. The Morgan fingerprint density at radius 1 is 0.213 bits per heavy atom. The van der Waals surface area contributed by atoms with Crippen molar-refractivity contribution < 1.29 is 0 Å². The molecule has 0 unspecified atom stereocenters. The van der Waals surface area contributed by atoms with E-state index >= 15 is 0 Å². The van der Waals surface area contributed by atoms with Crippen molar-refractivity contribution >= 4 is 0 Å². The first kappa shape index (κ1) is 35.0. The molecular formula is C58H37N3. The van der Waals surface area contributed by atoms with E-state index < -0.39 is 5.41 Å². The van der Waals surface area contributed by atoms with Crippen molar-refractivity contribution in [3.8, 4) is 89.8 Å². The summed E-state index contributed by atoms with van der Waals surface area (Å²) in [6, 6.07) is 80.3. The maximum atomic E-state index is 5.30. The van der Waals surface area contributed by atoms with Gasteiger partial charge in [-0.15, -0.1) is 0 Å². The number of hydrogen-bond donors (Lipinski definition) is 0. The largest absolute Gasteiger partial charge is 0.208 e. The summed E-state index contributed by atoms with van der Waals surface area (Å²) in [5.74, 6) is 1.89. The minimum atomic E-state index is -0.435. The van der Waals surface area contributed by atoms with Gasteiger partial charge in [0.1, 0.15) is 0 Å². The van der Waals surface area contributed by atoms with Gasteiger partial charge in [0.15, 0.2) is 17.5 Å². The van der Waals surface area contributed by atoms with Gasteiger partial charge >= 0.3 is 0 Å². The predicted octanol–water partition coefficient (Wildman–Crippen LogP) is 14.2. The van der Waals surface area contributed by atoms with Crippen molar-refractivity contribution in [3.63, 3.8) is 0 Å². The number of benzene rings is 9. The van der Waals surface area contributed by atoms with E-state index in [9.17, 15) is 0 Å². The monoisotopic (exact) mass is 775 g/mol. The summed E-state index contributed by atoms with van der Waals surface area (Å²) >= 11 is 0. The molecule has 9 aromatic carbocycles. The van der Waals surface area contributed by atoms with E-state index in [1.807, 2.05) is 12.1 Å². The number of rotatable bonds is 6. The first-order chi connectivity index (χ1) is 30.3. The fraction of sp³-hybridized carbons (Fsp3) is 0.0172. The van der Waals surface area contributed by atoms with E-state index in [0.29, 0.717) is 17.5 Å². The zero-order chi connectivity index (χ0) is 40.3. The van der Waals surface area contributed by atoms with Crippen LogP contribution in [-0.4, -0.2) is 15.0 Å². The molecule has 284 valence electrons. The lowest BCUT2D eigenvalue weighted by Crippen LogP contribution is -2.25. The van der Waals surface area contributed by atoms with Crippen LogP contribution in [0.25, 0.3) is 89.8 Å². The van der Waals surface area contributed by atoms with Crippen LogP contribution in [0.4, 0.5) is 0 Å². The highest BCUT2D eigenvalue weighted by atomic mass is 15.0. The topological polar surface area (TPSA) is 38.7 Å². The highest BCUT2D eigenvalue weighted by Crippen LogP contribution is 2.64. The van der Waals surface area contributed by atoms with Crippen molar-refractivity contribution in [3.05, 3.63) is 247 Å². The molecule has 10 aromatic rings. The third-order valence-corrected chi connectivity index (χ3v) is 12.6. The molecule has 0 saturated heterocycles. The van der Waals surface area contributed by atoms with Crippen LogP contribution < -0.4 is 0 Å². The Labute approximate surface area is 355 Å². The normalized spacial score (nSPS) is 12.7. The number of nitrogens with zero attached hydrogens (tertiary/aromatic N) is 3. The summed E-state index contributed by atoms with van der Waals surface area (Å²) in [7, 11) is 0. The van der Waals surface area contributed by atoms with Crippen molar-refractivity contribution in [2.24, 2.45) is 0 Å². The van der Waals surface area contributed by atoms with Crippen molar-refractivity contribution in [1.82, 2.24) is 15.0 Å². The first-order valence-corrected chi connectivity index (χ1v) is 20.9. The molecular weight excluding hydrogens is 739 g/mol. The maximum absolute atomic E-state index is 5.30. The molecule has 0 aliphatic heterocycles. The van der Waals surface area contributed by atoms with E-state index in [2.05, 4.69) is 212 Å². The summed E-state index contributed by atoms with van der Waals surface area (Å²) in [5, 5.41) is 0. The molecule has 61 heavy (non-hydrogen) atoms. The summed E-state index contributed by atoms with van der Waals surface area (Å²) < 4.78 is 0. The van der Waals surface area contributed by atoms with Crippen LogP contribution in [0.2, 0.25) is 0 Å². The number of hydrogen-bond acceptors (Lipinski definition) is 3. The molecule has 0 bridgehead atoms. The second-order valence-electron chi connectivity index (χ2n) is 15.9. The van der Waals surface area contributed by atoms with Crippen molar-refractivity contribution in [2.75, 3.05) is 0 Å². The Morgan fingerprint density at radius 2 is 0.557 bits per heavy atom. The smallest absolute Gasteiger partial charge is 0.164 e. The second kappa shape index (κ2) is 14.1.